The molecule has 9 heteroatoms. The van der Waals surface area contributed by atoms with Crippen LogP contribution in [0, 0.1) is 18.6 Å². The van der Waals surface area contributed by atoms with E-state index in [-0.39, 0.29) is 34.3 Å². The Balaban J connectivity index is 1.27. The van der Waals surface area contributed by atoms with Crippen LogP contribution < -0.4 is 15.0 Å². The van der Waals surface area contributed by atoms with Gasteiger partial charge in [-0.15, -0.1) is 0 Å². The molecule has 1 aromatic heterocycles. The van der Waals surface area contributed by atoms with Crippen LogP contribution in [0.2, 0.25) is 0 Å². The van der Waals surface area contributed by atoms with Gasteiger partial charge in [0.1, 0.15) is 29.5 Å². The topological polar surface area (TPSA) is 73.8 Å². The van der Waals surface area contributed by atoms with Gasteiger partial charge in [0, 0.05) is 30.6 Å². The van der Waals surface area contributed by atoms with Crippen molar-refractivity contribution in [3.63, 3.8) is 0 Å². The van der Waals surface area contributed by atoms with Crippen LogP contribution in [-0.4, -0.2) is 70.4 Å². The third kappa shape index (κ3) is 4.26. The van der Waals surface area contributed by atoms with E-state index in [0.717, 1.165) is 88.7 Å². The van der Waals surface area contributed by atoms with Crippen molar-refractivity contribution in [3.8, 4) is 22.9 Å². The molecule has 2 bridgehead atoms. The highest BCUT2D eigenvalue weighted by molar-refractivity contribution is 5.94. The smallest absolute Gasteiger partial charge is 0.319 e. The van der Waals surface area contributed by atoms with Crippen molar-refractivity contribution < 1.29 is 18.6 Å². The van der Waals surface area contributed by atoms with Gasteiger partial charge in [-0.2, -0.15) is 9.97 Å². The molecule has 216 valence electrons. The summed E-state index contributed by atoms with van der Waals surface area (Å²) in [5, 5.41) is 14.4. The van der Waals surface area contributed by atoms with E-state index in [1.54, 1.807) is 6.07 Å². The Bertz CT molecular complexity index is 1520. The number of aryl methyl sites for hydroxylation is 1. The van der Waals surface area contributed by atoms with Crippen LogP contribution in [0.4, 0.5) is 14.6 Å². The molecule has 2 unspecified atom stereocenters. The summed E-state index contributed by atoms with van der Waals surface area (Å²) in [5.74, 6) is -0.600. The average Bonchev–Trinajstić information content (AvgIpc) is 3.43. The largest absolute Gasteiger partial charge is 0.508 e. The molecule has 1 saturated carbocycles. The van der Waals surface area contributed by atoms with Crippen molar-refractivity contribution in [3.05, 3.63) is 41.0 Å². The van der Waals surface area contributed by atoms with Crippen molar-refractivity contribution >= 4 is 16.7 Å². The number of fused-ring (bicyclic) bond motifs is 4. The van der Waals surface area contributed by atoms with Gasteiger partial charge in [-0.05, 0) is 112 Å². The van der Waals surface area contributed by atoms with Crippen LogP contribution in [-0.2, 0) is 0 Å². The Hall–Kier alpha value is -3.04. The fourth-order valence-electron chi connectivity index (χ4n) is 8.24. The predicted molar refractivity (Wildman–Crippen MR) is 154 cm³/mol. The summed E-state index contributed by atoms with van der Waals surface area (Å²) < 4.78 is 39.1. The lowest BCUT2D eigenvalue weighted by Crippen LogP contribution is -2.51. The number of phenolic OH excluding ortho intramolecular Hbond substituents is 1. The number of aromatic hydroxyl groups is 1. The maximum absolute atomic E-state index is 16.7. The maximum Gasteiger partial charge on any atom is 0.319 e. The van der Waals surface area contributed by atoms with Gasteiger partial charge in [-0.25, -0.2) is 8.78 Å². The van der Waals surface area contributed by atoms with Crippen LogP contribution in [0.5, 0.6) is 11.8 Å². The van der Waals surface area contributed by atoms with E-state index < -0.39 is 11.6 Å². The van der Waals surface area contributed by atoms with E-state index in [4.69, 9.17) is 9.72 Å². The first-order valence-electron chi connectivity index (χ1n) is 15.3. The summed E-state index contributed by atoms with van der Waals surface area (Å²) in [6.07, 6.45) is 8.59. The fraction of sp³-hybridized carbons (Fsp3) is 0.562. The summed E-state index contributed by atoms with van der Waals surface area (Å²) in [6.45, 7) is 5.98. The molecule has 2 aromatic carbocycles. The molecule has 4 saturated heterocycles. The summed E-state index contributed by atoms with van der Waals surface area (Å²) in [4.78, 5) is 14.1. The second-order valence-electron chi connectivity index (χ2n) is 13.0. The Labute approximate surface area is 238 Å². The first kappa shape index (κ1) is 25.7. The van der Waals surface area contributed by atoms with E-state index in [9.17, 15) is 5.11 Å². The van der Waals surface area contributed by atoms with E-state index in [1.807, 2.05) is 6.92 Å². The maximum atomic E-state index is 16.7. The molecule has 2 N–H and O–H groups in total. The molecular weight excluding hydrogens is 524 g/mol. The molecule has 4 aliphatic heterocycles. The second kappa shape index (κ2) is 9.49. The van der Waals surface area contributed by atoms with E-state index in [2.05, 4.69) is 20.1 Å². The van der Waals surface area contributed by atoms with Gasteiger partial charge >= 0.3 is 6.01 Å². The first-order valence-corrected chi connectivity index (χ1v) is 15.3. The van der Waals surface area contributed by atoms with Gasteiger partial charge < -0.3 is 20.1 Å². The molecule has 0 amide bonds. The average molecular weight is 562 g/mol. The summed E-state index contributed by atoms with van der Waals surface area (Å²) in [7, 11) is 0. The lowest BCUT2D eigenvalue weighted by atomic mass is 9.91. The normalized spacial score (nSPS) is 25.3. The van der Waals surface area contributed by atoms with Crippen LogP contribution in [0.1, 0.15) is 68.4 Å². The number of benzene rings is 2. The molecule has 0 radical (unpaired) electrons. The van der Waals surface area contributed by atoms with Gasteiger partial charge in [0.25, 0.3) is 0 Å². The minimum atomic E-state index is -0.722. The second-order valence-corrected chi connectivity index (χ2v) is 13.0. The van der Waals surface area contributed by atoms with Crippen molar-refractivity contribution in [2.75, 3.05) is 37.7 Å². The highest BCUT2D eigenvalue weighted by Gasteiger charge is 2.45. The van der Waals surface area contributed by atoms with Crippen molar-refractivity contribution in [1.82, 2.24) is 20.2 Å². The van der Waals surface area contributed by atoms with Crippen LogP contribution >= 0.6 is 0 Å². The number of anilines is 1. The zero-order valence-electron chi connectivity index (χ0n) is 23.6. The molecule has 2 atom stereocenters. The lowest BCUT2D eigenvalue weighted by Gasteiger charge is -2.35. The van der Waals surface area contributed by atoms with Gasteiger partial charge in [-0.1, -0.05) is 0 Å². The van der Waals surface area contributed by atoms with Gasteiger partial charge in [0.15, 0.2) is 5.82 Å². The standard InChI is InChI=1S/C32H37F2N5O2/c1-18-12-22(40)13-23(26(18)19-4-5-19)27-25(33)14-24-29(28(27)34)36-31(41-17-32-8-2-10-39(32)11-3-9-32)37-30(24)38-15-20-6-7-21(16-38)35-20/h12-14,19-21,35,40H,2-11,15-17H2,1H3. The molecular formula is C32H37F2N5O2. The number of aromatic nitrogens is 2. The number of phenols is 1. The van der Waals surface area contributed by atoms with Gasteiger partial charge in [0.05, 0.1) is 11.1 Å². The molecule has 41 heavy (non-hydrogen) atoms. The zero-order valence-corrected chi connectivity index (χ0v) is 23.6. The number of rotatable bonds is 6. The highest BCUT2D eigenvalue weighted by Crippen LogP contribution is 2.49. The Morgan fingerprint density at radius 2 is 1.76 bits per heavy atom. The van der Waals surface area contributed by atoms with Crippen LogP contribution in [0.3, 0.4) is 0 Å². The number of hydrogen-bond acceptors (Lipinski definition) is 7. The fourth-order valence-corrected chi connectivity index (χ4v) is 8.24. The molecule has 5 aliphatic rings. The Morgan fingerprint density at radius 1 is 1.02 bits per heavy atom. The number of hydrogen-bond donors (Lipinski definition) is 2. The lowest BCUT2D eigenvalue weighted by molar-refractivity contribution is 0.108. The van der Waals surface area contributed by atoms with Crippen LogP contribution in [0.25, 0.3) is 22.0 Å². The zero-order chi connectivity index (χ0) is 27.9. The molecule has 8 rings (SSSR count). The summed E-state index contributed by atoms with van der Waals surface area (Å²) >= 11 is 0. The van der Waals surface area contributed by atoms with Gasteiger partial charge in [0.2, 0.25) is 0 Å². The Kier molecular flexibility index (Phi) is 5.94. The van der Waals surface area contributed by atoms with Gasteiger partial charge in [-0.3, -0.25) is 4.90 Å². The van der Waals surface area contributed by atoms with Crippen molar-refractivity contribution in [2.24, 2.45) is 0 Å². The monoisotopic (exact) mass is 561 g/mol. The third-order valence-electron chi connectivity index (χ3n) is 10.3. The molecule has 5 heterocycles. The Morgan fingerprint density at radius 3 is 2.46 bits per heavy atom. The number of nitrogens with one attached hydrogen (secondary N) is 1. The summed E-state index contributed by atoms with van der Waals surface area (Å²) in [6, 6.07) is 5.37. The number of halogens is 2. The van der Waals surface area contributed by atoms with E-state index in [0.29, 0.717) is 35.5 Å². The summed E-state index contributed by atoms with van der Waals surface area (Å²) in [5.41, 5.74) is 2.11. The van der Waals surface area contributed by atoms with Crippen molar-refractivity contribution in [2.45, 2.75) is 81.8 Å². The predicted octanol–water partition coefficient (Wildman–Crippen LogP) is 5.41. The number of nitrogens with zero attached hydrogens (tertiary/aromatic N) is 4. The minimum Gasteiger partial charge on any atom is -0.508 e. The molecule has 0 spiro atoms. The molecule has 7 nitrogen and oxygen atoms in total. The molecule has 1 aliphatic carbocycles. The van der Waals surface area contributed by atoms with E-state index >= 15 is 8.78 Å². The SMILES string of the molecule is Cc1cc(O)cc(-c2c(F)cc3c(N4CC5CCC(C4)N5)nc(OCC45CCCN4CCC5)nc3c2F)c1C1CC1. The van der Waals surface area contributed by atoms with Crippen LogP contribution in [0.15, 0.2) is 18.2 Å². The van der Waals surface area contributed by atoms with E-state index in [1.165, 1.54) is 12.1 Å². The third-order valence-corrected chi connectivity index (χ3v) is 10.3. The number of ether oxygens (including phenoxy) is 1. The minimum absolute atomic E-state index is 0.00132. The quantitative estimate of drug-likeness (QED) is 0.417. The molecule has 5 fully saturated rings. The first-order chi connectivity index (χ1) is 19.9. The number of piperazine rings is 1. The van der Waals surface area contributed by atoms with Crippen molar-refractivity contribution in [1.29, 1.82) is 0 Å². The highest BCUT2D eigenvalue weighted by atomic mass is 19.1. The molecule has 3 aromatic rings.